The summed E-state index contributed by atoms with van der Waals surface area (Å²) in [5.41, 5.74) is 0. The Morgan fingerprint density at radius 3 is 1.88 bits per heavy atom. The second-order valence-corrected chi connectivity index (χ2v) is 10.2. The monoisotopic (exact) mass is 142 g/mol. The van der Waals surface area contributed by atoms with E-state index < -0.39 is 0 Å². The molecule has 0 amide bonds. The maximum absolute atomic E-state index is 3.71. The van der Waals surface area contributed by atoms with Gasteiger partial charge in [0.05, 0.1) is 0 Å². The fraction of sp³-hybridized carbons (Fsp3) is 0.333. The van der Waals surface area contributed by atoms with Crippen LogP contribution in [0.25, 0.3) is 0 Å². The van der Waals surface area contributed by atoms with Gasteiger partial charge in [0.25, 0.3) is 0 Å². The Kier molecular flexibility index (Phi) is 5.00. The first kappa shape index (κ1) is 7.91. The maximum atomic E-state index is 3.71. The molecule has 46 valence electrons. The SMILES string of the molecule is C=CC[SiH]([SiH3])CC=C. The first-order valence-electron chi connectivity index (χ1n) is 3.03. The van der Waals surface area contributed by atoms with Crippen LogP contribution < -0.4 is 0 Å². The summed E-state index contributed by atoms with van der Waals surface area (Å²) in [5.74, 6) is 0. The zero-order chi connectivity index (χ0) is 6.41. The van der Waals surface area contributed by atoms with Crippen molar-refractivity contribution >= 4 is 18.1 Å². The van der Waals surface area contributed by atoms with Gasteiger partial charge in [0.1, 0.15) is 0 Å². The summed E-state index contributed by atoms with van der Waals surface area (Å²) in [7, 11) is 1.11. The molecule has 0 nitrogen and oxygen atoms in total. The van der Waals surface area contributed by atoms with Crippen molar-refractivity contribution < 1.29 is 0 Å². The molecule has 0 unspecified atom stereocenters. The molecule has 0 radical (unpaired) electrons. The summed E-state index contributed by atoms with van der Waals surface area (Å²) in [4.78, 5) is 0. The number of allylic oxidation sites excluding steroid dienone is 2. The van der Waals surface area contributed by atoms with Gasteiger partial charge in [-0.3, -0.25) is 0 Å². The van der Waals surface area contributed by atoms with Crippen molar-refractivity contribution in [2.75, 3.05) is 0 Å². The lowest BCUT2D eigenvalue weighted by molar-refractivity contribution is 1.59. The van der Waals surface area contributed by atoms with E-state index >= 15 is 0 Å². The van der Waals surface area contributed by atoms with E-state index in [2.05, 4.69) is 13.2 Å². The standard InChI is InChI=1S/C6H14Si2/c1-3-5-8(7)6-4-2/h3-4,8H,1-2,5-6H2,7H3. The van der Waals surface area contributed by atoms with Gasteiger partial charge >= 0.3 is 0 Å². The molecular formula is C6H14Si2. The van der Waals surface area contributed by atoms with Gasteiger partial charge in [-0.2, -0.15) is 0 Å². The van der Waals surface area contributed by atoms with Gasteiger partial charge in [-0.05, 0) is 21.8 Å². The van der Waals surface area contributed by atoms with E-state index in [1.54, 1.807) is 0 Å². The largest absolute Gasteiger partial charge is 0.103 e. The van der Waals surface area contributed by atoms with Crippen LogP contribution in [0.4, 0.5) is 0 Å². The minimum atomic E-state index is -0.299. The van der Waals surface area contributed by atoms with E-state index in [1.807, 2.05) is 12.2 Å². The summed E-state index contributed by atoms with van der Waals surface area (Å²) in [6.07, 6.45) is 4.10. The third-order valence-corrected chi connectivity index (χ3v) is 6.24. The Hall–Kier alpha value is -0.0862. The van der Waals surface area contributed by atoms with Crippen LogP contribution in [0, 0.1) is 0 Å². The molecule has 0 aliphatic carbocycles. The maximum Gasteiger partial charge on any atom is 0.0282 e. The van der Waals surface area contributed by atoms with Crippen molar-refractivity contribution in [2.24, 2.45) is 0 Å². The van der Waals surface area contributed by atoms with Gasteiger partial charge in [0.2, 0.25) is 0 Å². The molecule has 0 bridgehead atoms. The van der Waals surface area contributed by atoms with Crippen LogP contribution in [0.3, 0.4) is 0 Å². The lowest BCUT2D eigenvalue weighted by Gasteiger charge is -1.98. The predicted molar refractivity (Wildman–Crippen MR) is 47.1 cm³/mol. The molecule has 0 aromatic carbocycles. The molecule has 0 aliphatic rings. The third kappa shape index (κ3) is 4.08. The van der Waals surface area contributed by atoms with Crippen molar-refractivity contribution in [1.29, 1.82) is 0 Å². The van der Waals surface area contributed by atoms with Gasteiger partial charge < -0.3 is 0 Å². The van der Waals surface area contributed by atoms with Gasteiger partial charge in [-0.15, -0.1) is 13.2 Å². The molecule has 0 aliphatic heterocycles. The molecule has 2 heteroatoms. The Morgan fingerprint density at radius 2 is 1.62 bits per heavy atom. The fourth-order valence-corrected chi connectivity index (χ4v) is 4.00. The number of rotatable bonds is 4. The van der Waals surface area contributed by atoms with Crippen LogP contribution in [0.15, 0.2) is 25.3 Å². The molecule has 0 spiro atoms. The molecule has 0 fully saturated rings. The second kappa shape index (κ2) is 5.06. The van der Waals surface area contributed by atoms with E-state index in [0.717, 1.165) is 0 Å². The van der Waals surface area contributed by atoms with E-state index in [1.165, 1.54) is 21.8 Å². The van der Waals surface area contributed by atoms with Gasteiger partial charge in [-0.1, -0.05) is 12.2 Å². The molecule has 0 aromatic heterocycles. The first-order valence-corrected chi connectivity index (χ1v) is 9.28. The van der Waals surface area contributed by atoms with Gasteiger partial charge in [-0.25, -0.2) is 0 Å². The molecule has 8 heavy (non-hydrogen) atoms. The molecule has 0 N–H and O–H groups in total. The summed E-state index contributed by atoms with van der Waals surface area (Å²) < 4.78 is 0. The Morgan fingerprint density at radius 1 is 1.25 bits per heavy atom. The normalized spacial score (nSPS) is 9.62. The molecule has 0 atom stereocenters. The topological polar surface area (TPSA) is 0 Å². The average molecular weight is 142 g/mol. The van der Waals surface area contributed by atoms with Gasteiger partial charge in [0, 0.05) is 8.31 Å². The van der Waals surface area contributed by atoms with E-state index in [9.17, 15) is 0 Å². The van der Waals surface area contributed by atoms with Crippen molar-refractivity contribution in [3.63, 3.8) is 0 Å². The molecule has 0 saturated heterocycles. The quantitative estimate of drug-likeness (QED) is 0.395. The highest BCUT2D eigenvalue weighted by atomic mass is 29.1. The van der Waals surface area contributed by atoms with E-state index in [-0.39, 0.29) is 8.31 Å². The highest BCUT2D eigenvalue weighted by molar-refractivity contribution is 7.03. The zero-order valence-electron chi connectivity index (χ0n) is 5.56. The van der Waals surface area contributed by atoms with Crippen LogP contribution in [0.1, 0.15) is 0 Å². The fourth-order valence-electron chi connectivity index (χ4n) is 0.665. The predicted octanol–water partition coefficient (Wildman–Crippen LogP) is 0.448. The van der Waals surface area contributed by atoms with Crippen LogP contribution in [-0.4, -0.2) is 18.1 Å². The molecule has 0 aromatic rings. The molecule has 0 saturated carbocycles. The summed E-state index contributed by atoms with van der Waals surface area (Å²) in [6.45, 7) is 7.41. The number of hydrogen-bond acceptors (Lipinski definition) is 0. The summed E-state index contributed by atoms with van der Waals surface area (Å²) in [5, 5.41) is 0. The summed E-state index contributed by atoms with van der Waals surface area (Å²) in [6, 6.07) is 2.61. The van der Waals surface area contributed by atoms with Crippen LogP contribution in [-0.2, 0) is 0 Å². The zero-order valence-corrected chi connectivity index (χ0v) is 8.72. The van der Waals surface area contributed by atoms with Crippen molar-refractivity contribution in [2.45, 2.75) is 12.1 Å². The Labute approximate surface area is 56.1 Å². The van der Waals surface area contributed by atoms with E-state index in [4.69, 9.17) is 0 Å². The average Bonchev–Trinajstić information content (AvgIpc) is 1.68. The lowest BCUT2D eigenvalue weighted by Crippen LogP contribution is -2.08. The van der Waals surface area contributed by atoms with Gasteiger partial charge in [0.15, 0.2) is 0 Å². The van der Waals surface area contributed by atoms with E-state index in [0.29, 0.717) is 0 Å². The van der Waals surface area contributed by atoms with Crippen molar-refractivity contribution in [1.82, 2.24) is 0 Å². The Balaban J connectivity index is 3.16. The minimum absolute atomic E-state index is 0.299. The first-order chi connectivity index (χ1) is 3.81. The highest BCUT2D eigenvalue weighted by Crippen LogP contribution is 1.94. The minimum Gasteiger partial charge on any atom is -0.103 e. The molecule has 0 rings (SSSR count). The second-order valence-electron chi connectivity index (χ2n) is 2.15. The molecular weight excluding hydrogens is 128 g/mol. The third-order valence-electron chi connectivity index (χ3n) is 1.14. The highest BCUT2D eigenvalue weighted by Gasteiger charge is 1.95. The van der Waals surface area contributed by atoms with Crippen LogP contribution >= 0.6 is 0 Å². The van der Waals surface area contributed by atoms with Crippen LogP contribution in [0.5, 0.6) is 0 Å². The van der Waals surface area contributed by atoms with Crippen molar-refractivity contribution in [3.05, 3.63) is 25.3 Å². The molecule has 0 heterocycles. The Bertz CT molecular complexity index is 68.6. The number of hydrogen-bond donors (Lipinski definition) is 0. The van der Waals surface area contributed by atoms with Crippen molar-refractivity contribution in [3.8, 4) is 0 Å². The summed E-state index contributed by atoms with van der Waals surface area (Å²) >= 11 is 0. The van der Waals surface area contributed by atoms with Crippen LogP contribution in [0.2, 0.25) is 12.1 Å². The lowest BCUT2D eigenvalue weighted by atomic mass is 10.7. The smallest absolute Gasteiger partial charge is 0.0282 e.